The summed E-state index contributed by atoms with van der Waals surface area (Å²) >= 11 is 0. The summed E-state index contributed by atoms with van der Waals surface area (Å²) in [7, 11) is 1.31. The topological polar surface area (TPSA) is 46.5 Å². The highest BCUT2D eigenvalue weighted by Gasteiger charge is 2.20. The van der Waals surface area contributed by atoms with E-state index >= 15 is 0 Å². The van der Waals surface area contributed by atoms with Gasteiger partial charge in [0.2, 0.25) is 0 Å². The van der Waals surface area contributed by atoms with Crippen molar-refractivity contribution in [3.8, 4) is 5.75 Å². The van der Waals surface area contributed by atoms with Gasteiger partial charge in [-0.2, -0.15) is 0 Å². The standard InChI is InChI=1S/C17H18O3/c1-3-13(12-8-5-4-6-9-12)14-10-7-11-15(16(14)18)17(19)20-2/h4-11,13,18H,3H2,1-2H3/t13-/m0/s1. The molecule has 1 N–H and O–H groups in total. The maximum Gasteiger partial charge on any atom is 0.341 e. The van der Waals surface area contributed by atoms with Crippen LogP contribution in [0.25, 0.3) is 0 Å². The second-order valence-electron chi connectivity index (χ2n) is 4.61. The summed E-state index contributed by atoms with van der Waals surface area (Å²) in [6.07, 6.45) is 0.836. The molecule has 0 fully saturated rings. The number of hydrogen-bond donors (Lipinski definition) is 1. The van der Waals surface area contributed by atoms with Gasteiger partial charge in [-0.1, -0.05) is 49.4 Å². The Bertz CT molecular complexity index is 590. The van der Waals surface area contributed by atoms with Crippen molar-refractivity contribution in [3.05, 3.63) is 65.2 Å². The lowest BCUT2D eigenvalue weighted by atomic mass is 9.87. The van der Waals surface area contributed by atoms with Crippen LogP contribution in [0.1, 0.15) is 40.7 Å². The number of carbonyl (C=O) groups is 1. The molecule has 2 rings (SSSR count). The van der Waals surface area contributed by atoms with Gasteiger partial charge in [-0.05, 0) is 18.1 Å². The van der Waals surface area contributed by atoms with Crippen LogP contribution >= 0.6 is 0 Å². The molecule has 0 aliphatic heterocycles. The molecule has 0 heterocycles. The monoisotopic (exact) mass is 270 g/mol. The quantitative estimate of drug-likeness (QED) is 0.861. The summed E-state index contributed by atoms with van der Waals surface area (Å²) in [4.78, 5) is 11.7. The van der Waals surface area contributed by atoms with E-state index in [4.69, 9.17) is 4.74 Å². The van der Waals surface area contributed by atoms with Crippen LogP contribution in [0.3, 0.4) is 0 Å². The smallest absolute Gasteiger partial charge is 0.341 e. The number of rotatable bonds is 4. The highest BCUT2D eigenvalue weighted by molar-refractivity contribution is 5.92. The predicted molar refractivity (Wildman–Crippen MR) is 78.0 cm³/mol. The van der Waals surface area contributed by atoms with Gasteiger partial charge in [0, 0.05) is 11.5 Å². The fraction of sp³-hybridized carbons (Fsp3) is 0.235. The Morgan fingerprint density at radius 1 is 1.15 bits per heavy atom. The average molecular weight is 270 g/mol. The Hall–Kier alpha value is -2.29. The molecule has 2 aromatic rings. The van der Waals surface area contributed by atoms with E-state index in [1.807, 2.05) is 36.4 Å². The van der Waals surface area contributed by atoms with E-state index in [0.717, 1.165) is 17.5 Å². The second kappa shape index (κ2) is 6.24. The molecular formula is C17H18O3. The molecule has 0 radical (unpaired) electrons. The van der Waals surface area contributed by atoms with Gasteiger partial charge in [0.05, 0.1) is 7.11 Å². The fourth-order valence-corrected chi connectivity index (χ4v) is 2.44. The van der Waals surface area contributed by atoms with Crippen LogP contribution in [-0.2, 0) is 4.74 Å². The zero-order valence-corrected chi connectivity index (χ0v) is 11.7. The van der Waals surface area contributed by atoms with Crippen molar-refractivity contribution in [3.63, 3.8) is 0 Å². The minimum atomic E-state index is -0.521. The van der Waals surface area contributed by atoms with E-state index in [-0.39, 0.29) is 17.2 Å². The number of phenols is 1. The van der Waals surface area contributed by atoms with E-state index in [1.165, 1.54) is 7.11 Å². The number of phenolic OH excluding ortho intramolecular Hbond substituents is 1. The van der Waals surface area contributed by atoms with Crippen molar-refractivity contribution in [2.24, 2.45) is 0 Å². The molecule has 104 valence electrons. The van der Waals surface area contributed by atoms with Crippen molar-refractivity contribution in [2.45, 2.75) is 19.3 Å². The predicted octanol–water partition coefficient (Wildman–Crippen LogP) is 3.72. The first-order valence-corrected chi connectivity index (χ1v) is 6.64. The summed E-state index contributed by atoms with van der Waals surface area (Å²) in [6.45, 7) is 2.06. The molecule has 0 aliphatic rings. The molecule has 0 saturated heterocycles. The molecule has 0 aromatic heterocycles. The third kappa shape index (κ3) is 2.67. The van der Waals surface area contributed by atoms with Crippen molar-refractivity contribution in [1.29, 1.82) is 0 Å². The second-order valence-corrected chi connectivity index (χ2v) is 4.61. The highest BCUT2D eigenvalue weighted by Crippen LogP contribution is 2.35. The summed E-state index contributed by atoms with van der Waals surface area (Å²) in [6, 6.07) is 15.1. The third-order valence-corrected chi connectivity index (χ3v) is 3.46. The van der Waals surface area contributed by atoms with Gasteiger partial charge in [0.25, 0.3) is 0 Å². The van der Waals surface area contributed by atoms with E-state index in [0.29, 0.717) is 0 Å². The third-order valence-electron chi connectivity index (χ3n) is 3.46. The Morgan fingerprint density at radius 3 is 2.45 bits per heavy atom. The minimum absolute atomic E-state index is 0.00931. The molecule has 20 heavy (non-hydrogen) atoms. The van der Waals surface area contributed by atoms with Gasteiger partial charge in [0.15, 0.2) is 0 Å². The van der Waals surface area contributed by atoms with Gasteiger partial charge < -0.3 is 9.84 Å². The summed E-state index contributed by atoms with van der Waals surface area (Å²) in [5.41, 5.74) is 2.08. The van der Waals surface area contributed by atoms with E-state index < -0.39 is 5.97 Å². The molecule has 0 aliphatic carbocycles. The summed E-state index contributed by atoms with van der Waals surface area (Å²) in [5.74, 6) is -0.455. The van der Waals surface area contributed by atoms with Crippen LogP contribution in [0.5, 0.6) is 5.75 Å². The Balaban J connectivity index is 2.48. The number of para-hydroxylation sites is 1. The Labute approximate surface area is 118 Å². The number of methoxy groups -OCH3 is 1. The molecule has 3 heteroatoms. The molecule has 0 unspecified atom stereocenters. The summed E-state index contributed by atoms with van der Waals surface area (Å²) in [5, 5.41) is 10.4. The lowest BCUT2D eigenvalue weighted by Gasteiger charge is -2.18. The molecule has 0 bridgehead atoms. The maximum atomic E-state index is 11.7. The average Bonchev–Trinajstić information content (AvgIpc) is 2.50. The number of benzene rings is 2. The van der Waals surface area contributed by atoms with E-state index in [2.05, 4.69) is 6.92 Å². The molecular weight excluding hydrogens is 252 g/mol. The van der Waals surface area contributed by atoms with Gasteiger partial charge in [-0.3, -0.25) is 0 Å². The van der Waals surface area contributed by atoms with Crippen molar-refractivity contribution < 1.29 is 14.6 Å². The largest absolute Gasteiger partial charge is 0.507 e. The van der Waals surface area contributed by atoms with Crippen LogP contribution in [0.4, 0.5) is 0 Å². The van der Waals surface area contributed by atoms with Crippen LogP contribution in [0, 0.1) is 0 Å². The number of carbonyl (C=O) groups excluding carboxylic acids is 1. The van der Waals surface area contributed by atoms with E-state index in [1.54, 1.807) is 12.1 Å². The number of esters is 1. The van der Waals surface area contributed by atoms with Gasteiger partial charge in [-0.25, -0.2) is 4.79 Å². The van der Waals surface area contributed by atoms with Gasteiger partial charge in [-0.15, -0.1) is 0 Å². The zero-order valence-electron chi connectivity index (χ0n) is 11.7. The lowest BCUT2D eigenvalue weighted by molar-refractivity contribution is 0.0597. The zero-order chi connectivity index (χ0) is 14.5. The molecule has 0 spiro atoms. The first-order valence-electron chi connectivity index (χ1n) is 6.64. The van der Waals surface area contributed by atoms with Crippen LogP contribution in [-0.4, -0.2) is 18.2 Å². The number of ether oxygens (including phenoxy) is 1. The molecule has 2 aromatic carbocycles. The van der Waals surface area contributed by atoms with Gasteiger partial charge in [0.1, 0.15) is 11.3 Å². The lowest BCUT2D eigenvalue weighted by Crippen LogP contribution is -2.06. The Kier molecular flexibility index (Phi) is 4.41. The first-order chi connectivity index (χ1) is 9.69. The van der Waals surface area contributed by atoms with Crippen LogP contribution in [0.2, 0.25) is 0 Å². The van der Waals surface area contributed by atoms with Gasteiger partial charge >= 0.3 is 5.97 Å². The molecule has 3 nitrogen and oxygen atoms in total. The highest BCUT2D eigenvalue weighted by atomic mass is 16.5. The molecule has 0 amide bonds. The SMILES string of the molecule is CC[C@@H](c1ccccc1)c1cccc(C(=O)OC)c1O. The first kappa shape index (κ1) is 14.1. The van der Waals surface area contributed by atoms with E-state index in [9.17, 15) is 9.90 Å². The Morgan fingerprint density at radius 2 is 1.85 bits per heavy atom. The number of hydrogen-bond acceptors (Lipinski definition) is 3. The molecule has 0 saturated carbocycles. The minimum Gasteiger partial charge on any atom is -0.507 e. The summed E-state index contributed by atoms with van der Waals surface area (Å²) < 4.78 is 4.69. The van der Waals surface area contributed by atoms with Crippen LogP contribution in [0.15, 0.2) is 48.5 Å². The fourth-order valence-electron chi connectivity index (χ4n) is 2.44. The normalized spacial score (nSPS) is 11.9. The number of aromatic hydroxyl groups is 1. The van der Waals surface area contributed by atoms with Crippen molar-refractivity contribution in [1.82, 2.24) is 0 Å². The van der Waals surface area contributed by atoms with Crippen LogP contribution < -0.4 is 0 Å². The molecule has 1 atom stereocenters. The van der Waals surface area contributed by atoms with Crippen molar-refractivity contribution >= 4 is 5.97 Å². The van der Waals surface area contributed by atoms with Crippen molar-refractivity contribution in [2.75, 3.05) is 7.11 Å². The maximum absolute atomic E-state index is 11.7.